The third-order valence-electron chi connectivity index (χ3n) is 2.21. The van der Waals surface area contributed by atoms with Gasteiger partial charge in [0.05, 0.1) is 0 Å². The molecule has 1 aliphatic heterocycles. The molecule has 0 unspecified atom stereocenters. The van der Waals surface area contributed by atoms with Crippen molar-refractivity contribution < 1.29 is 21.7 Å². The molecule has 2 aliphatic rings. The van der Waals surface area contributed by atoms with Crippen molar-refractivity contribution >= 4 is 6.85 Å². The van der Waals surface area contributed by atoms with Crippen LogP contribution in [0.4, 0.5) is 0 Å². The van der Waals surface area contributed by atoms with Crippen LogP contribution in [0.3, 0.4) is 0 Å². The third-order valence-corrected chi connectivity index (χ3v) is 2.21. The smallest absolute Gasteiger partial charge is 0.253 e. The van der Waals surface area contributed by atoms with E-state index in [0.717, 1.165) is 12.7 Å². The molecule has 15 heavy (non-hydrogen) atoms. The van der Waals surface area contributed by atoms with Crippen molar-refractivity contribution in [3.05, 3.63) is 48.5 Å². The number of hydrogen-bond donors (Lipinski definition) is 0. The van der Waals surface area contributed by atoms with E-state index in [1.807, 2.05) is 12.2 Å². The Morgan fingerprint density at radius 3 is 2.20 bits per heavy atom. The van der Waals surface area contributed by atoms with E-state index in [0.29, 0.717) is 6.85 Å². The molecule has 0 atom stereocenters. The van der Waals surface area contributed by atoms with Gasteiger partial charge >= 0.3 is 0 Å². The molecule has 0 N–H and O–H groups in total. The summed E-state index contributed by atoms with van der Waals surface area (Å²) in [5.41, 5.74) is 0. The second-order valence-corrected chi connectivity index (χ2v) is 3.58. The van der Waals surface area contributed by atoms with E-state index >= 15 is 0 Å². The van der Waals surface area contributed by atoms with E-state index in [-0.39, 0.29) is 21.7 Å². The second-order valence-electron chi connectivity index (χ2n) is 3.58. The summed E-state index contributed by atoms with van der Waals surface area (Å²) < 4.78 is 0. The molecule has 2 rings (SSSR count). The fourth-order valence-electron chi connectivity index (χ4n) is 1.29. The minimum Gasteiger partial charge on any atom is -0.344 e. The van der Waals surface area contributed by atoms with Crippen LogP contribution in [-0.4, -0.2) is 25.8 Å². The summed E-state index contributed by atoms with van der Waals surface area (Å²) in [4.78, 5) is 2.22. The Balaban J connectivity index is 0.000000280. The fraction of sp³-hybridized carbons (Fsp3) is 0.333. The van der Waals surface area contributed by atoms with Crippen molar-refractivity contribution in [1.82, 2.24) is 4.81 Å². The normalized spacial score (nSPS) is 16.3. The average molecular weight is 234 g/mol. The van der Waals surface area contributed by atoms with Crippen LogP contribution in [0.15, 0.2) is 42.4 Å². The van der Waals surface area contributed by atoms with E-state index in [1.54, 1.807) is 0 Å². The molecule has 1 nitrogen and oxygen atoms in total. The van der Waals surface area contributed by atoms with Crippen LogP contribution in [0, 0.1) is 6.08 Å². The van der Waals surface area contributed by atoms with Gasteiger partial charge in [-0.1, -0.05) is 24.2 Å². The molecule has 0 aromatic heterocycles. The molecule has 1 heterocycles. The Hall–Kier alpha value is -0.301. The number of allylic oxidation sites excluding steroid dienone is 7. The molecular weight excluding hydrogens is 217 g/mol. The van der Waals surface area contributed by atoms with Crippen LogP contribution >= 0.6 is 0 Å². The largest absolute Gasteiger partial charge is 0.344 e. The van der Waals surface area contributed by atoms with Crippen molar-refractivity contribution in [2.75, 3.05) is 14.1 Å². The van der Waals surface area contributed by atoms with Gasteiger partial charge in [-0.3, -0.25) is 6.08 Å². The van der Waals surface area contributed by atoms with Gasteiger partial charge in [0, 0.05) is 21.7 Å². The quantitative estimate of drug-likeness (QED) is 0.497. The Kier molecular flexibility index (Phi) is 8.78. The fourth-order valence-corrected chi connectivity index (χ4v) is 1.29. The first kappa shape index (κ1) is 14.7. The average Bonchev–Trinajstić information content (AvgIpc) is 2.77. The molecule has 3 heteroatoms. The minimum atomic E-state index is 0. The summed E-state index contributed by atoms with van der Waals surface area (Å²) in [5, 5.41) is 0. The zero-order valence-electron chi connectivity index (χ0n) is 9.48. The third kappa shape index (κ3) is 6.72. The summed E-state index contributed by atoms with van der Waals surface area (Å²) in [6, 6.07) is 0. The van der Waals surface area contributed by atoms with Crippen molar-refractivity contribution in [2.45, 2.75) is 12.7 Å². The van der Waals surface area contributed by atoms with E-state index in [9.17, 15) is 0 Å². The maximum absolute atomic E-state index is 2.99. The Bertz CT molecular complexity index is 257. The molecule has 0 saturated heterocycles. The molecule has 0 spiro atoms. The molecule has 0 aromatic rings. The maximum atomic E-state index is 2.99. The summed E-state index contributed by atoms with van der Waals surface area (Å²) in [6.45, 7) is 0.620. The SMILES string of the molecule is CN(C)B1C=CC=CC1.[C-]1=CC=CC1.[Ti]. The zero-order valence-corrected chi connectivity index (χ0v) is 11.0. The second kappa shape index (κ2) is 8.96. The molecule has 0 radical (unpaired) electrons. The standard InChI is InChI=1S/C7H12BN.C5H5.Ti/c1-9(2)8-6-4-3-5-7-8;1-2-4-5-3-1;/h3-6H,7H2,1-2H3;1-3H,4H2;/q;-1;. The van der Waals surface area contributed by atoms with Crippen LogP contribution in [0.1, 0.15) is 6.42 Å². The minimum absolute atomic E-state index is 0. The molecule has 0 bridgehead atoms. The van der Waals surface area contributed by atoms with Crippen molar-refractivity contribution in [3.8, 4) is 0 Å². The van der Waals surface area contributed by atoms with Gasteiger partial charge in [0.2, 0.25) is 0 Å². The van der Waals surface area contributed by atoms with Gasteiger partial charge < -0.3 is 4.81 Å². The van der Waals surface area contributed by atoms with Crippen molar-refractivity contribution in [1.29, 1.82) is 0 Å². The zero-order chi connectivity index (χ0) is 10.2. The molecule has 0 fully saturated rings. The molecule has 78 valence electrons. The topological polar surface area (TPSA) is 3.24 Å². The van der Waals surface area contributed by atoms with E-state index in [4.69, 9.17) is 0 Å². The summed E-state index contributed by atoms with van der Waals surface area (Å²) in [7, 11) is 4.21. The van der Waals surface area contributed by atoms with E-state index < -0.39 is 0 Å². The van der Waals surface area contributed by atoms with Gasteiger partial charge in [-0.2, -0.15) is 6.08 Å². The van der Waals surface area contributed by atoms with E-state index in [2.05, 4.69) is 55.3 Å². The Morgan fingerprint density at radius 1 is 1.13 bits per heavy atom. The summed E-state index contributed by atoms with van der Waals surface area (Å²) in [6.07, 6.45) is 17.6. The van der Waals surface area contributed by atoms with Crippen LogP contribution < -0.4 is 0 Å². The van der Waals surface area contributed by atoms with Gasteiger partial charge in [-0.25, -0.2) is 12.2 Å². The monoisotopic (exact) mass is 234 g/mol. The number of rotatable bonds is 1. The molecular formula is C12H17BNTi-. The first-order valence-electron chi connectivity index (χ1n) is 5.02. The summed E-state index contributed by atoms with van der Waals surface area (Å²) in [5.74, 6) is 2.22. The van der Waals surface area contributed by atoms with Gasteiger partial charge in [0.15, 0.2) is 0 Å². The van der Waals surface area contributed by atoms with Crippen molar-refractivity contribution in [2.24, 2.45) is 0 Å². The van der Waals surface area contributed by atoms with Crippen LogP contribution in [-0.2, 0) is 21.7 Å². The first-order valence-corrected chi connectivity index (χ1v) is 5.02. The predicted molar refractivity (Wildman–Crippen MR) is 64.1 cm³/mol. The van der Waals surface area contributed by atoms with Crippen LogP contribution in [0.25, 0.3) is 0 Å². The van der Waals surface area contributed by atoms with Gasteiger partial charge in [-0.05, 0) is 20.4 Å². The van der Waals surface area contributed by atoms with E-state index in [1.165, 1.54) is 0 Å². The molecule has 0 saturated carbocycles. The van der Waals surface area contributed by atoms with Crippen LogP contribution in [0.5, 0.6) is 0 Å². The predicted octanol–water partition coefficient (Wildman–Crippen LogP) is 2.51. The molecule has 0 aromatic carbocycles. The van der Waals surface area contributed by atoms with Gasteiger partial charge in [0.1, 0.15) is 0 Å². The molecule has 0 amide bonds. The Morgan fingerprint density at radius 2 is 1.93 bits per heavy atom. The first-order chi connectivity index (χ1) is 6.80. The Labute approximate surface area is 109 Å². The van der Waals surface area contributed by atoms with Crippen LogP contribution in [0.2, 0.25) is 6.32 Å². The summed E-state index contributed by atoms with van der Waals surface area (Å²) >= 11 is 0. The van der Waals surface area contributed by atoms with Gasteiger partial charge in [-0.15, -0.1) is 6.42 Å². The number of hydrogen-bond acceptors (Lipinski definition) is 1. The number of nitrogens with zero attached hydrogens (tertiary/aromatic N) is 1. The molecule has 1 aliphatic carbocycles. The van der Waals surface area contributed by atoms with Gasteiger partial charge in [0.25, 0.3) is 6.85 Å². The van der Waals surface area contributed by atoms with Crippen molar-refractivity contribution in [3.63, 3.8) is 0 Å². The maximum Gasteiger partial charge on any atom is 0.253 e.